The molecule has 7 nitrogen and oxygen atoms in total. The number of nitrogens with two attached hydrogens (primary N) is 1. The first-order chi connectivity index (χ1) is 8.27. The van der Waals surface area contributed by atoms with Gasteiger partial charge in [-0.3, -0.25) is 0 Å². The highest BCUT2D eigenvalue weighted by Gasteiger charge is 2.15. The number of hydrogen-bond acceptors (Lipinski definition) is 6. The summed E-state index contributed by atoms with van der Waals surface area (Å²) in [6.07, 6.45) is 3.14. The highest BCUT2D eigenvalue weighted by molar-refractivity contribution is 5.63. The minimum atomic E-state index is -0.313. The third-order valence-electron chi connectivity index (χ3n) is 2.50. The van der Waals surface area contributed by atoms with Gasteiger partial charge in [0.2, 0.25) is 0 Å². The number of nitrogens with zero attached hydrogens (tertiary/aromatic N) is 3. The van der Waals surface area contributed by atoms with Crippen LogP contribution in [-0.2, 0) is 0 Å². The summed E-state index contributed by atoms with van der Waals surface area (Å²) >= 11 is 0. The number of aliphatic hydroxyl groups is 2. The van der Waals surface area contributed by atoms with Gasteiger partial charge in [0.15, 0.2) is 5.65 Å². The third kappa shape index (κ3) is 2.21. The van der Waals surface area contributed by atoms with Gasteiger partial charge in [0.05, 0.1) is 36.8 Å². The van der Waals surface area contributed by atoms with Crippen LogP contribution in [0.4, 0.5) is 5.69 Å². The van der Waals surface area contributed by atoms with E-state index in [0.717, 1.165) is 5.69 Å². The molecule has 0 saturated carbocycles. The van der Waals surface area contributed by atoms with Crippen LogP contribution < -0.4 is 11.1 Å². The fourth-order valence-corrected chi connectivity index (χ4v) is 1.69. The Morgan fingerprint density at radius 3 is 3.00 bits per heavy atom. The molecule has 2 aromatic rings. The van der Waals surface area contributed by atoms with Crippen LogP contribution in [-0.4, -0.2) is 44.6 Å². The molecule has 0 aliphatic carbocycles. The van der Waals surface area contributed by atoms with Crippen molar-refractivity contribution < 1.29 is 10.2 Å². The number of anilines is 1. The van der Waals surface area contributed by atoms with Gasteiger partial charge in [0.25, 0.3) is 0 Å². The minimum Gasteiger partial charge on any atom is -0.395 e. The number of hydrogen-bond donors (Lipinski definition) is 4. The summed E-state index contributed by atoms with van der Waals surface area (Å²) in [7, 11) is 0. The van der Waals surface area contributed by atoms with Crippen LogP contribution >= 0.6 is 0 Å². The zero-order chi connectivity index (χ0) is 12.3. The Morgan fingerprint density at radius 1 is 1.47 bits per heavy atom. The van der Waals surface area contributed by atoms with Crippen LogP contribution in [0, 0.1) is 0 Å². The minimum absolute atomic E-state index is 0.00593. The summed E-state index contributed by atoms with van der Waals surface area (Å²) in [6.45, 7) is 0.302. The molecule has 0 fully saturated rings. The summed E-state index contributed by atoms with van der Waals surface area (Å²) in [5.74, 6) is 0. The highest BCUT2D eigenvalue weighted by atomic mass is 16.3. The van der Waals surface area contributed by atoms with E-state index in [1.807, 2.05) is 0 Å². The molecule has 0 bridgehead atoms. The van der Waals surface area contributed by atoms with E-state index >= 15 is 0 Å². The maximum Gasteiger partial charge on any atom is 0.178 e. The van der Waals surface area contributed by atoms with Crippen LogP contribution in [0.5, 0.6) is 0 Å². The first kappa shape index (κ1) is 11.8. The molecule has 2 heterocycles. The molecule has 2 rings (SSSR count). The van der Waals surface area contributed by atoms with Crippen molar-refractivity contribution >= 4 is 11.3 Å². The van der Waals surface area contributed by atoms with Gasteiger partial charge >= 0.3 is 0 Å². The lowest BCUT2D eigenvalue weighted by atomic mass is 10.2. The molecule has 0 saturated heterocycles. The van der Waals surface area contributed by atoms with Gasteiger partial charge in [-0.05, 0) is 6.07 Å². The lowest BCUT2D eigenvalue weighted by Crippen LogP contribution is -2.29. The van der Waals surface area contributed by atoms with E-state index in [0.29, 0.717) is 17.9 Å². The van der Waals surface area contributed by atoms with E-state index in [-0.39, 0.29) is 19.3 Å². The van der Waals surface area contributed by atoms with Crippen molar-refractivity contribution in [2.45, 2.75) is 6.04 Å². The van der Waals surface area contributed by atoms with Gasteiger partial charge in [0, 0.05) is 12.7 Å². The molecular formula is C10H15N5O2. The standard InChI is InChI=1S/C10H15N5O2/c11-7-5-14-15-9(1-2-13-10(7)15)8(6-17)12-3-4-16/h1-2,5,8,12,16-17H,3-4,6,11H2. The molecule has 0 spiro atoms. The Morgan fingerprint density at radius 2 is 2.29 bits per heavy atom. The van der Waals surface area contributed by atoms with Crippen LogP contribution in [0.2, 0.25) is 0 Å². The second-order valence-electron chi connectivity index (χ2n) is 3.62. The van der Waals surface area contributed by atoms with Crippen molar-refractivity contribution in [1.82, 2.24) is 19.9 Å². The van der Waals surface area contributed by atoms with E-state index in [1.54, 1.807) is 16.8 Å². The Balaban J connectivity index is 2.39. The summed E-state index contributed by atoms with van der Waals surface area (Å²) in [6, 6.07) is 1.44. The summed E-state index contributed by atoms with van der Waals surface area (Å²) in [5, 5.41) is 25.2. The fraction of sp³-hybridized carbons (Fsp3) is 0.400. The van der Waals surface area contributed by atoms with Gasteiger partial charge in [-0.1, -0.05) is 0 Å². The van der Waals surface area contributed by atoms with Gasteiger partial charge in [-0.2, -0.15) is 5.10 Å². The van der Waals surface area contributed by atoms with Crippen molar-refractivity contribution in [3.8, 4) is 0 Å². The van der Waals surface area contributed by atoms with Gasteiger partial charge < -0.3 is 21.3 Å². The molecule has 92 valence electrons. The molecule has 0 aliphatic heterocycles. The average Bonchev–Trinajstić information content (AvgIpc) is 2.73. The Bertz CT molecular complexity index is 498. The fourth-order valence-electron chi connectivity index (χ4n) is 1.69. The second kappa shape index (κ2) is 5.09. The first-order valence-electron chi connectivity index (χ1n) is 5.31. The van der Waals surface area contributed by atoms with Gasteiger partial charge in [-0.25, -0.2) is 9.50 Å². The predicted molar refractivity (Wildman–Crippen MR) is 62.3 cm³/mol. The predicted octanol–water partition coefficient (Wildman–Crippen LogP) is -1.07. The molecule has 0 radical (unpaired) electrons. The Kier molecular flexibility index (Phi) is 3.52. The lowest BCUT2D eigenvalue weighted by molar-refractivity contribution is 0.224. The van der Waals surface area contributed by atoms with E-state index in [4.69, 9.17) is 10.8 Å². The highest BCUT2D eigenvalue weighted by Crippen LogP contribution is 2.16. The molecule has 17 heavy (non-hydrogen) atoms. The van der Waals surface area contributed by atoms with Crippen molar-refractivity contribution in [2.24, 2.45) is 0 Å². The molecule has 5 N–H and O–H groups in total. The van der Waals surface area contributed by atoms with Crippen molar-refractivity contribution in [2.75, 3.05) is 25.5 Å². The molecule has 1 unspecified atom stereocenters. The zero-order valence-corrected chi connectivity index (χ0v) is 9.24. The lowest BCUT2D eigenvalue weighted by Gasteiger charge is -2.16. The Hall–Kier alpha value is -1.70. The molecule has 0 aromatic carbocycles. The molecule has 0 aliphatic rings. The number of fused-ring (bicyclic) bond motifs is 1. The number of aliphatic hydroxyl groups excluding tert-OH is 2. The van der Waals surface area contributed by atoms with E-state index in [2.05, 4.69) is 15.4 Å². The maximum atomic E-state index is 9.34. The van der Waals surface area contributed by atoms with Crippen LogP contribution in [0.3, 0.4) is 0 Å². The van der Waals surface area contributed by atoms with Gasteiger partial charge in [-0.15, -0.1) is 0 Å². The third-order valence-corrected chi connectivity index (χ3v) is 2.50. The topological polar surface area (TPSA) is 109 Å². The van der Waals surface area contributed by atoms with E-state index in [1.165, 1.54) is 6.20 Å². The zero-order valence-electron chi connectivity index (χ0n) is 9.24. The Labute approximate surface area is 97.9 Å². The van der Waals surface area contributed by atoms with Crippen molar-refractivity contribution in [3.05, 3.63) is 24.2 Å². The van der Waals surface area contributed by atoms with Crippen molar-refractivity contribution in [3.63, 3.8) is 0 Å². The normalized spacial score (nSPS) is 13.1. The number of rotatable bonds is 5. The second-order valence-corrected chi connectivity index (χ2v) is 3.62. The summed E-state index contributed by atoms with van der Waals surface area (Å²) in [4.78, 5) is 4.12. The SMILES string of the molecule is Nc1cnn2c(C(CO)NCCO)ccnc12. The van der Waals surface area contributed by atoms with E-state index < -0.39 is 0 Å². The number of aromatic nitrogens is 3. The monoisotopic (exact) mass is 237 g/mol. The molecule has 1 atom stereocenters. The molecule has 7 heteroatoms. The van der Waals surface area contributed by atoms with E-state index in [9.17, 15) is 5.11 Å². The summed E-state index contributed by atoms with van der Waals surface area (Å²) < 4.78 is 1.58. The van der Waals surface area contributed by atoms with Gasteiger partial charge in [0.1, 0.15) is 0 Å². The van der Waals surface area contributed by atoms with Crippen molar-refractivity contribution in [1.29, 1.82) is 0 Å². The summed E-state index contributed by atoms with van der Waals surface area (Å²) in [5.41, 5.74) is 7.52. The number of nitrogens with one attached hydrogen (secondary N) is 1. The largest absolute Gasteiger partial charge is 0.395 e. The average molecular weight is 237 g/mol. The quantitative estimate of drug-likeness (QED) is 0.527. The van der Waals surface area contributed by atoms with Crippen LogP contribution in [0.15, 0.2) is 18.5 Å². The van der Waals surface area contributed by atoms with Crippen LogP contribution in [0.25, 0.3) is 5.65 Å². The smallest absolute Gasteiger partial charge is 0.178 e. The molecular weight excluding hydrogens is 222 g/mol. The van der Waals surface area contributed by atoms with Crippen LogP contribution in [0.1, 0.15) is 11.7 Å². The molecule has 0 amide bonds. The first-order valence-corrected chi connectivity index (χ1v) is 5.31. The molecule has 2 aromatic heterocycles. The number of nitrogen functional groups attached to an aromatic ring is 1. The maximum absolute atomic E-state index is 9.34.